The first-order valence-electron chi connectivity index (χ1n) is 7.58. The Hall–Kier alpha value is -1.75. The summed E-state index contributed by atoms with van der Waals surface area (Å²) in [6.45, 7) is 3.04. The number of piperidine rings is 1. The van der Waals surface area contributed by atoms with E-state index in [2.05, 4.69) is 10.2 Å². The number of ether oxygens (including phenoxy) is 1. The number of rotatable bonds is 4. The third kappa shape index (κ3) is 2.70. The molecule has 114 valence electrons. The third-order valence-corrected chi connectivity index (χ3v) is 4.81. The molecule has 1 amide bonds. The highest BCUT2D eigenvalue weighted by Crippen LogP contribution is 2.38. The zero-order chi connectivity index (χ0) is 15.0. The highest BCUT2D eigenvalue weighted by Gasteiger charge is 2.41. The maximum Gasteiger partial charge on any atom is 0.241 e. The number of nitrogens with zero attached hydrogens (tertiary/aromatic N) is 1. The Bertz CT molecular complexity index is 546. The molecule has 1 saturated heterocycles. The van der Waals surface area contributed by atoms with Crippen LogP contribution in [0.1, 0.15) is 26.2 Å². The number of carbonyl (C=O) groups is 1. The molecule has 3 unspecified atom stereocenters. The van der Waals surface area contributed by atoms with Crippen molar-refractivity contribution in [1.82, 2.24) is 4.90 Å². The number of anilines is 2. The predicted octanol–water partition coefficient (Wildman–Crippen LogP) is 2.09. The quantitative estimate of drug-likeness (QED) is 0.833. The fraction of sp³-hybridized carbons (Fsp3) is 0.562. The van der Waals surface area contributed by atoms with Crippen LogP contribution in [0.4, 0.5) is 11.4 Å². The van der Waals surface area contributed by atoms with E-state index in [1.54, 1.807) is 25.3 Å². The topological polar surface area (TPSA) is 67.6 Å². The van der Waals surface area contributed by atoms with Gasteiger partial charge in [0.25, 0.3) is 0 Å². The lowest BCUT2D eigenvalue weighted by molar-refractivity contribution is -0.121. The number of nitrogen functional groups attached to an aromatic ring is 1. The summed E-state index contributed by atoms with van der Waals surface area (Å²) in [5.41, 5.74) is 7.03. The van der Waals surface area contributed by atoms with Gasteiger partial charge in [0.15, 0.2) is 0 Å². The second-order valence-electron chi connectivity index (χ2n) is 6.15. The maximum absolute atomic E-state index is 12.5. The Kier molecular flexibility index (Phi) is 3.76. The Morgan fingerprint density at radius 1 is 1.48 bits per heavy atom. The summed E-state index contributed by atoms with van der Waals surface area (Å²) in [5, 5.41) is 2.96. The summed E-state index contributed by atoms with van der Waals surface area (Å²) in [6, 6.07) is 5.75. The van der Waals surface area contributed by atoms with Gasteiger partial charge in [-0.05, 0) is 44.2 Å². The van der Waals surface area contributed by atoms with Crippen LogP contribution in [0, 0.1) is 5.92 Å². The molecule has 2 fully saturated rings. The van der Waals surface area contributed by atoms with E-state index in [1.807, 2.05) is 6.92 Å². The summed E-state index contributed by atoms with van der Waals surface area (Å²) in [4.78, 5) is 14.8. The van der Waals surface area contributed by atoms with Crippen molar-refractivity contribution < 1.29 is 9.53 Å². The van der Waals surface area contributed by atoms with Crippen molar-refractivity contribution in [3.8, 4) is 5.75 Å². The van der Waals surface area contributed by atoms with Crippen molar-refractivity contribution in [2.75, 3.05) is 24.7 Å². The van der Waals surface area contributed by atoms with Crippen LogP contribution in [0.15, 0.2) is 18.2 Å². The molecule has 5 nitrogen and oxygen atoms in total. The Morgan fingerprint density at radius 3 is 2.90 bits per heavy atom. The lowest BCUT2D eigenvalue weighted by atomic mass is 10.1. The van der Waals surface area contributed by atoms with Gasteiger partial charge in [0.05, 0.1) is 18.8 Å². The molecule has 1 aliphatic carbocycles. The fourth-order valence-electron chi connectivity index (χ4n) is 3.64. The normalized spacial score (nSPS) is 25.8. The number of amides is 1. The van der Waals surface area contributed by atoms with Crippen LogP contribution in [0.5, 0.6) is 5.75 Å². The summed E-state index contributed by atoms with van der Waals surface area (Å²) in [5.74, 6) is 1.40. The van der Waals surface area contributed by atoms with Crippen LogP contribution >= 0.6 is 0 Å². The molecule has 2 aliphatic rings. The van der Waals surface area contributed by atoms with Crippen molar-refractivity contribution in [3.05, 3.63) is 18.2 Å². The third-order valence-electron chi connectivity index (χ3n) is 4.81. The summed E-state index contributed by atoms with van der Waals surface area (Å²) < 4.78 is 5.27. The van der Waals surface area contributed by atoms with Gasteiger partial charge in [-0.15, -0.1) is 0 Å². The lowest BCUT2D eigenvalue weighted by Crippen LogP contribution is -2.46. The molecule has 1 aliphatic heterocycles. The zero-order valence-electron chi connectivity index (χ0n) is 12.6. The fourth-order valence-corrected chi connectivity index (χ4v) is 3.64. The van der Waals surface area contributed by atoms with Gasteiger partial charge < -0.3 is 15.8 Å². The molecule has 21 heavy (non-hydrogen) atoms. The van der Waals surface area contributed by atoms with Crippen LogP contribution < -0.4 is 15.8 Å². The van der Waals surface area contributed by atoms with Crippen molar-refractivity contribution >= 4 is 17.3 Å². The van der Waals surface area contributed by atoms with Crippen molar-refractivity contribution in [1.29, 1.82) is 0 Å². The average molecular weight is 289 g/mol. The lowest BCUT2D eigenvalue weighted by Gasteiger charge is -2.31. The number of carbonyl (C=O) groups excluding carboxylic acids is 1. The van der Waals surface area contributed by atoms with Gasteiger partial charge in [-0.2, -0.15) is 0 Å². The number of hydrogen-bond acceptors (Lipinski definition) is 4. The highest BCUT2D eigenvalue weighted by atomic mass is 16.5. The first-order chi connectivity index (χ1) is 10.1. The van der Waals surface area contributed by atoms with Gasteiger partial charge in [0, 0.05) is 24.3 Å². The van der Waals surface area contributed by atoms with E-state index in [-0.39, 0.29) is 11.9 Å². The largest absolute Gasteiger partial charge is 0.494 e. The first kappa shape index (κ1) is 14.2. The van der Waals surface area contributed by atoms with Crippen molar-refractivity contribution in [2.45, 2.75) is 38.3 Å². The number of benzene rings is 1. The van der Waals surface area contributed by atoms with Crippen LogP contribution in [0.2, 0.25) is 0 Å². The number of likely N-dealkylation sites (tertiary alicyclic amines) is 1. The van der Waals surface area contributed by atoms with Crippen LogP contribution in [0.3, 0.4) is 0 Å². The molecular weight excluding hydrogens is 266 g/mol. The van der Waals surface area contributed by atoms with Gasteiger partial charge in [-0.1, -0.05) is 0 Å². The minimum Gasteiger partial charge on any atom is -0.494 e. The molecule has 2 bridgehead atoms. The molecule has 0 radical (unpaired) electrons. The molecule has 3 N–H and O–H groups in total. The van der Waals surface area contributed by atoms with Gasteiger partial charge >= 0.3 is 0 Å². The summed E-state index contributed by atoms with van der Waals surface area (Å²) >= 11 is 0. The van der Waals surface area contributed by atoms with Gasteiger partial charge in [0.2, 0.25) is 5.91 Å². The summed E-state index contributed by atoms with van der Waals surface area (Å²) in [6.07, 6.45) is 3.80. The number of hydrogen-bond donors (Lipinski definition) is 2. The molecule has 0 aromatic heterocycles. The number of nitrogens with one attached hydrogen (secondary N) is 1. The van der Waals surface area contributed by atoms with E-state index in [9.17, 15) is 4.79 Å². The van der Waals surface area contributed by atoms with Gasteiger partial charge in [-0.3, -0.25) is 9.69 Å². The molecule has 1 aromatic rings. The van der Waals surface area contributed by atoms with Crippen molar-refractivity contribution in [2.24, 2.45) is 5.92 Å². The van der Waals surface area contributed by atoms with E-state index in [0.717, 1.165) is 12.5 Å². The average Bonchev–Trinajstić information content (AvgIpc) is 3.10. The van der Waals surface area contributed by atoms with Crippen LogP contribution in [-0.4, -0.2) is 36.5 Å². The van der Waals surface area contributed by atoms with Crippen LogP contribution in [-0.2, 0) is 4.79 Å². The molecule has 1 saturated carbocycles. The standard InChI is InChI=1S/C16H23N3O2/c1-10(19-9-11-3-5-13(19)7-11)16(20)18-14-6-4-12(17)8-15(14)21-2/h4,6,8,10-11,13H,3,5,7,9,17H2,1-2H3,(H,18,20). The van der Waals surface area contributed by atoms with E-state index in [0.29, 0.717) is 23.2 Å². The van der Waals surface area contributed by atoms with Crippen molar-refractivity contribution in [3.63, 3.8) is 0 Å². The number of nitrogens with two attached hydrogens (primary N) is 1. The number of methoxy groups -OCH3 is 1. The zero-order valence-corrected chi connectivity index (χ0v) is 12.6. The molecule has 3 atom stereocenters. The monoisotopic (exact) mass is 289 g/mol. The molecule has 0 spiro atoms. The minimum atomic E-state index is -0.109. The molecule has 1 heterocycles. The Labute approximate surface area is 125 Å². The Morgan fingerprint density at radius 2 is 2.29 bits per heavy atom. The minimum absolute atomic E-state index is 0.0191. The summed E-state index contributed by atoms with van der Waals surface area (Å²) in [7, 11) is 1.58. The SMILES string of the molecule is COc1cc(N)ccc1NC(=O)C(C)N1CC2CCC1C2. The molecular formula is C16H23N3O2. The maximum atomic E-state index is 12.5. The van der Waals surface area contributed by atoms with E-state index in [4.69, 9.17) is 10.5 Å². The second kappa shape index (κ2) is 5.56. The molecule has 5 heteroatoms. The van der Waals surface area contributed by atoms with E-state index >= 15 is 0 Å². The van der Waals surface area contributed by atoms with Crippen LogP contribution in [0.25, 0.3) is 0 Å². The highest BCUT2D eigenvalue weighted by molar-refractivity contribution is 5.96. The number of fused-ring (bicyclic) bond motifs is 2. The predicted molar refractivity (Wildman–Crippen MR) is 83.3 cm³/mol. The molecule has 3 rings (SSSR count). The molecule has 1 aromatic carbocycles. The first-order valence-corrected chi connectivity index (χ1v) is 7.58. The van der Waals surface area contributed by atoms with E-state index in [1.165, 1.54) is 19.3 Å². The second-order valence-corrected chi connectivity index (χ2v) is 6.15. The smallest absolute Gasteiger partial charge is 0.241 e. The Balaban J connectivity index is 1.68. The van der Waals surface area contributed by atoms with Gasteiger partial charge in [-0.25, -0.2) is 0 Å². The van der Waals surface area contributed by atoms with Gasteiger partial charge in [0.1, 0.15) is 5.75 Å². The van der Waals surface area contributed by atoms with E-state index < -0.39 is 0 Å².